The second-order valence-electron chi connectivity index (χ2n) is 2.48. The van der Waals surface area contributed by atoms with Gasteiger partial charge in [-0.2, -0.15) is 21.6 Å². The van der Waals surface area contributed by atoms with Gasteiger partial charge in [-0.1, -0.05) is 12.2 Å². The summed E-state index contributed by atoms with van der Waals surface area (Å²) in [5, 5.41) is 0. The molecule has 1 atom stereocenters. The molecule has 0 aliphatic heterocycles. The zero-order valence-electron chi connectivity index (χ0n) is 7.05. The van der Waals surface area contributed by atoms with Crippen LogP contribution in [0.2, 0.25) is 0 Å². The molecular weight excluding hydrogens is 209 g/mol. The Morgan fingerprint density at radius 3 is 2.08 bits per heavy atom. The minimum absolute atomic E-state index is 0.202. The molecule has 0 aromatic carbocycles. The average molecular weight is 218 g/mol. The van der Waals surface area contributed by atoms with Crippen molar-refractivity contribution >= 4 is 10.1 Å². The molecule has 0 heterocycles. The van der Waals surface area contributed by atoms with Gasteiger partial charge in [0.2, 0.25) is 0 Å². The van der Waals surface area contributed by atoms with E-state index in [0.717, 1.165) is 0 Å². The van der Waals surface area contributed by atoms with Crippen LogP contribution >= 0.6 is 0 Å². The standard InChI is InChI=1S/C6H9F3O3S/c1-4(2)5(3)12-13(10,11)6(7,8)9/h5H,1H2,2-3H3. The highest BCUT2D eigenvalue weighted by Gasteiger charge is 2.48. The van der Waals surface area contributed by atoms with Crippen molar-refractivity contribution in [2.24, 2.45) is 0 Å². The van der Waals surface area contributed by atoms with Crippen molar-refractivity contribution < 1.29 is 25.8 Å². The monoisotopic (exact) mass is 218 g/mol. The molecule has 0 aliphatic rings. The summed E-state index contributed by atoms with van der Waals surface area (Å²) in [6, 6.07) is 0. The molecule has 7 heteroatoms. The molecular formula is C6H9F3O3S. The molecule has 0 fully saturated rings. The van der Waals surface area contributed by atoms with E-state index in [2.05, 4.69) is 10.8 Å². The Morgan fingerprint density at radius 2 is 1.85 bits per heavy atom. The van der Waals surface area contributed by atoms with Gasteiger partial charge in [0.25, 0.3) is 0 Å². The van der Waals surface area contributed by atoms with E-state index in [0.29, 0.717) is 0 Å². The van der Waals surface area contributed by atoms with Gasteiger partial charge >= 0.3 is 15.6 Å². The molecule has 0 spiro atoms. The first-order valence-corrected chi connectivity index (χ1v) is 4.63. The fourth-order valence-corrected chi connectivity index (χ4v) is 0.980. The largest absolute Gasteiger partial charge is 0.523 e. The third kappa shape index (κ3) is 3.35. The zero-order chi connectivity index (χ0) is 10.9. The highest BCUT2D eigenvalue weighted by molar-refractivity contribution is 7.87. The van der Waals surface area contributed by atoms with Crippen LogP contribution in [0.4, 0.5) is 13.2 Å². The molecule has 3 nitrogen and oxygen atoms in total. The fourth-order valence-electron chi connectivity index (χ4n) is 0.327. The van der Waals surface area contributed by atoms with Gasteiger partial charge in [-0.3, -0.25) is 4.18 Å². The van der Waals surface area contributed by atoms with Gasteiger partial charge in [-0.15, -0.1) is 0 Å². The minimum atomic E-state index is -5.50. The van der Waals surface area contributed by atoms with E-state index in [9.17, 15) is 21.6 Å². The lowest BCUT2D eigenvalue weighted by atomic mass is 10.2. The third-order valence-electron chi connectivity index (χ3n) is 1.25. The van der Waals surface area contributed by atoms with Crippen molar-refractivity contribution in [1.29, 1.82) is 0 Å². The van der Waals surface area contributed by atoms with Crippen molar-refractivity contribution in [1.82, 2.24) is 0 Å². The van der Waals surface area contributed by atoms with E-state index in [-0.39, 0.29) is 5.57 Å². The molecule has 0 radical (unpaired) electrons. The number of alkyl halides is 3. The van der Waals surface area contributed by atoms with Crippen LogP contribution in [0.15, 0.2) is 12.2 Å². The molecule has 0 aliphatic carbocycles. The predicted molar refractivity (Wildman–Crippen MR) is 40.3 cm³/mol. The SMILES string of the molecule is C=C(C)C(C)OS(=O)(=O)C(F)(F)F. The zero-order valence-corrected chi connectivity index (χ0v) is 7.87. The Balaban J connectivity index is 4.64. The van der Waals surface area contributed by atoms with Gasteiger partial charge < -0.3 is 0 Å². The number of rotatable bonds is 3. The lowest BCUT2D eigenvalue weighted by Crippen LogP contribution is -2.29. The molecule has 78 valence electrons. The summed E-state index contributed by atoms with van der Waals surface area (Å²) in [4.78, 5) is 0. The van der Waals surface area contributed by atoms with Crippen molar-refractivity contribution in [3.05, 3.63) is 12.2 Å². The van der Waals surface area contributed by atoms with Crippen LogP contribution in [0.5, 0.6) is 0 Å². The Labute approximate surface area is 74.3 Å². The Bertz CT molecular complexity index is 291. The van der Waals surface area contributed by atoms with Crippen LogP contribution in [0.1, 0.15) is 13.8 Å². The summed E-state index contributed by atoms with van der Waals surface area (Å²) in [6.07, 6.45) is -1.17. The minimum Gasteiger partial charge on any atom is -0.256 e. The maximum absolute atomic E-state index is 11.7. The molecule has 0 aromatic heterocycles. The fraction of sp³-hybridized carbons (Fsp3) is 0.667. The smallest absolute Gasteiger partial charge is 0.256 e. The van der Waals surface area contributed by atoms with E-state index in [1.165, 1.54) is 13.8 Å². The lowest BCUT2D eigenvalue weighted by Gasteiger charge is -2.13. The van der Waals surface area contributed by atoms with Crippen LogP contribution < -0.4 is 0 Å². The number of hydrogen-bond donors (Lipinski definition) is 0. The normalized spacial score (nSPS) is 15.5. The number of halogens is 3. The molecule has 0 aromatic rings. The van der Waals surface area contributed by atoms with Gasteiger partial charge in [0.05, 0.1) is 6.10 Å². The second-order valence-corrected chi connectivity index (χ2v) is 4.05. The predicted octanol–water partition coefficient (Wildman–Crippen LogP) is 1.82. The summed E-state index contributed by atoms with van der Waals surface area (Å²) in [5.74, 6) is 0. The van der Waals surface area contributed by atoms with Crippen molar-refractivity contribution in [3.8, 4) is 0 Å². The third-order valence-corrected chi connectivity index (χ3v) is 2.36. The van der Waals surface area contributed by atoms with Gasteiger partial charge in [0.1, 0.15) is 0 Å². The van der Waals surface area contributed by atoms with Crippen LogP contribution in [-0.2, 0) is 14.3 Å². The van der Waals surface area contributed by atoms with E-state index in [1.807, 2.05) is 0 Å². The first-order valence-electron chi connectivity index (χ1n) is 3.23. The summed E-state index contributed by atoms with van der Waals surface area (Å²) < 4.78 is 59.7. The Kier molecular flexibility index (Phi) is 3.51. The van der Waals surface area contributed by atoms with Crippen LogP contribution in [0.25, 0.3) is 0 Å². The van der Waals surface area contributed by atoms with Crippen molar-refractivity contribution in [2.75, 3.05) is 0 Å². The van der Waals surface area contributed by atoms with E-state index < -0.39 is 21.7 Å². The summed E-state index contributed by atoms with van der Waals surface area (Å²) in [6.45, 7) is 5.81. The van der Waals surface area contributed by atoms with Gasteiger partial charge in [0, 0.05) is 0 Å². The Morgan fingerprint density at radius 1 is 1.46 bits per heavy atom. The van der Waals surface area contributed by atoms with E-state index >= 15 is 0 Å². The molecule has 1 unspecified atom stereocenters. The van der Waals surface area contributed by atoms with Crippen molar-refractivity contribution in [3.63, 3.8) is 0 Å². The highest BCUT2D eigenvalue weighted by atomic mass is 32.2. The first-order chi connectivity index (χ1) is 5.58. The number of hydrogen-bond acceptors (Lipinski definition) is 3. The second kappa shape index (κ2) is 3.67. The Hall–Kier alpha value is -0.560. The quantitative estimate of drug-likeness (QED) is 0.412. The highest BCUT2D eigenvalue weighted by Crippen LogP contribution is 2.26. The molecule has 0 amide bonds. The maximum Gasteiger partial charge on any atom is 0.523 e. The molecule has 0 N–H and O–H groups in total. The maximum atomic E-state index is 11.7. The molecule has 0 bridgehead atoms. The van der Waals surface area contributed by atoms with E-state index in [4.69, 9.17) is 0 Å². The topological polar surface area (TPSA) is 43.4 Å². The molecule has 0 saturated carbocycles. The summed E-state index contributed by atoms with van der Waals surface area (Å²) in [5.41, 5.74) is -5.18. The van der Waals surface area contributed by atoms with Crippen LogP contribution in [0.3, 0.4) is 0 Å². The summed E-state index contributed by atoms with van der Waals surface area (Å²) in [7, 11) is -5.50. The molecule has 13 heavy (non-hydrogen) atoms. The van der Waals surface area contributed by atoms with E-state index in [1.54, 1.807) is 0 Å². The average Bonchev–Trinajstić information content (AvgIpc) is 1.83. The van der Waals surface area contributed by atoms with Crippen LogP contribution in [-0.4, -0.2) is 20.0 Å². The van der Waals surface area contributed by atoms with Crippen LogP contribution in [0, 0.1) is 0 Å². The van der Waals surface area contributed by atoms with Gasteiger partial charge in [-0.05, 0) is 13.8 Å². The lowest BCUT2D eigenvalue weighted by molar-refractivity contribution is -0.0558. The summed E-state index contributed by atoms with van der Waals surface area (Å²) >= 11 is 0. The molecule has 0 saturated heterocycles. The van der Waals surface area contributed by atoms with Crippen molar-refractivity contribution in [2.45, 2.75) is 25.5 Å². The van der Waals surface area contributed by atoms with Gasteiger partial charge in [0.15, 0.2) is 0 Å². The molecule has 0 rings (SSSR count). The first kappa shape index (κ1) is 12.4. The van der Waals surface area contributed by atoms with Gasteiger partial charge in [-0.25, -0.2) is 0 Å².